The molecule has 0 aliphatic heterocycles. The normalized spacial score (nSPS) is 10.2. The summed E-state index contributed by atoms with van der Waals surface area (Å²) in [5, 5.41) is 8.68. The fourth-order valence-electron chi connectivity index (χ4n) is 1.61. The Morgan fingerprint density at radius 3 is 2.45 bits per heavy atom. The van der Waals surface area contributed by atoms with E-state index in [1.165, 1.54) is 6.08 Å². The second-order valence-electron chi connectivity index (χ2n) is 4.16. The molecule has 0 saturated heterocycles. The quantitative estimate of drug-likeness (QED) is 0.628. The zero-order valence-corrected chi connectivity index (χ0v) is 10.8. The summed E-state index contributed by atoms with van der Waals surface area (Å²) in [5.41, 5.74) is 2.39. The first-order chi connectivity index (χ1) is 9.78. The van der Waals surface area contributed by atoms with Crippen LogP contribution in [0.4, 0.5) is 0 Å². The van der Waals surface area contributed by atoms with Crippen molar-refractivity contribution in [3.05, 3.63) is 77.4 Å². The molecule has 0 radical (unpaired) electrons. The van der Waals surface area contributed by atoms with Crippen molar-refractivity contribution in [2.45, 2.75) is 6.61 Å². The minimum absolute atomic E-state index is 0.261. The van der Waals surface area contributed by atoms with Gasteiger partial charge in [0.15, 0.2) is 0 Å². The van der Waals surface area contributed by atoms with Crippen molar-refractivity contribution in [3.63, 3.8) is 0 Å². The van der Waals surface area contributed by atoms with E-state index in [1.54, 1.807) is 30.3 Å². The predicted octanol–water partition coefficient (Wildman–Crippen LogP) is 3.31. The van der Waals surface area contributed by atoms with E-state index >= 15 is 0 Å². The molecular formula is C17H13NO2. The van der Waals surface area contributed by atoms with E-state index in [0.29, 0.717) is 5.56 Å². The summed E-state index contributed by atoms with van der Waals surface area (Å²) in [7, 11) is 0. The van der Waals surface area contributed by atoms with E-state index in [4.69, 9.17) is 10.00 Å². The maximum atomic E-state index is 11.6. The Hall–Kier alpha value is -2.86. The van der Waals surface area contributed by atoms with E-state index < -0.39 is 5.97 Å². The van der Waals surface area contributed by atoms with E-state index in [1.807, 2.05) is 36.4 Å². The molecule has 0 amide bonds. The smallest absolute Gasteiger partial charge is 0.331 e. The van der Waals surface area contributed by atoms with Crippen LogP contribution in [-0.4, -0.2) is 5.97 Å². The number of nitriles is 1. The first kappa shape index (κ1) is 13.6. The number of carbonyl (C=O) groups is 1. The highest BCUT2D eigenvalue weighted by Gasteiger charge is 1.98. The van der Waals surface area contributed by atoms with Gasteiger partial charge in [-0.2, -0.15) is 5.26 Å². The molecule has 0 aliphatic rings. The Kier molecular flexibility index (Phi) is 4.69. The zero-order valence-electron chi connectivity index (χ0n) is 10.8. The molecule has 3 nitrogen and oxygen atoms in total. The van der Waals surface area contributed by atoms with Crippen LogP contribution in [0, 0.1) is 11.3 Å². The van der Waals surface area contributed by atoms with Crippen LogP contribution in [0.2, 0.25) is 0 Å². The Labute approximate surface area is 117 Å². The fourth-order valence-corrected chi connectivity index (χ4v) is 1.61. The number of esters is 1. The monoisotopic (exact) mass is 263 g/mol. The van der Waals surface area contributed by atoms with Crippen LogP contribution < -0.4 is 0 Å². The number of hydrogen-bond donors (Lipinski definition) is 0. The molecule has 3 heteroatoms. The minimum atomic E-state index is -0.391. The molecule has 0 bridgehead atoms. The van der Waals surface area contributed by atoms with Gasteiger partial charge in [-0.25, -0.2) is 4.79 Å². The van der Waals surface area contributed by atoms with Gasteiger partial charge in [-0.05, 0) is 29.3 Å². The van der Waals surface area contributed by atoms with Crippen molar-refractivity contribution in [1.29, 1.82) is 5.26 Å². The number of benzene rings is 2. The molecule has 0 aromatic heterocycles. The first-order valence-electron chi connectivity index (χ1n) is 6.17. The molecule has 0 saturated carbocycles. The molecule has 0 aliphatic carbocycles. The lowest BCUT2D eigenvalue weighted by Gasteiger charge is -2.01. The Morgan fingerprint density at radius 2 is 1.80 bits per heavy atom. The van der Waals surface area contributed by atoms with Crippen LogP contribution in [0.5, 0.6) is 0 Å². The summed E-state index contributed by atoms with van der Waals surface area (Å²) in [5.74, 6) is -0.391. The van der Waals surface area contributed by atoms with E-state index in [-0.39, 0.29) is 6.61 Å². The summed E-state index contributed by atoms with van der Waals surface area (Å²) in [6.07, 6.45) is 3.04. The van der Waals surface area contributed by atoms with Gasteiger partial charge in [-0.3, -0.25) is 0 Å². The molecule has 2 aromatic rings. The highest BCUT2D eigenvalue weighted by molar-refractivity contribution is 5.87. The molecule has 0 unspecified atom stereocenters. The van der Waals surface area contributed by atoms with Gasteiger partial charge in [-0.1, -0.05) is 42.5 Å². The summed E-state index contributed by atoms with van der Waals surface area (Å²) < 4.78 is 5.12. The molecule has 0 spiro atoms. The molecule has 98 valence electrons. The van der Waals surface area contributed by atoms with Gasteiger partial charge < -0.3 is 4.74 Å². The lowest BCUT2D eigenvalue weighted by Crippen LogP contribution is -2.00. The SMILES string of the molecule is N#Cc1ccc(/C=C/C(=O)OCc2ccccc2)cc1. The van der Waals surface area contributed by atoms with Crippen LogP contribution in [-0.2, 0) is 16.1 Å². The second kappa shape index (κ2) is 6.91. The molecule has 0 atom stereocenters. The van der Waals surface area contributed by atoms with Gasteiger partial charge in [0.1, 0.15) is 6.61 Å². The third-order valence-electron chi connectivity index (χ3n) is 2.68. The topological polar surface area (TPSA) is 50.1 Å². The van der Waals surface area contributed by atoms with Gasteiger partial charge in [0.25, 0.3) is 0 Å². The molecule has 2 aromatic carbocycles. The van der Waals surface area contributed by atoms with E-state index in [9.17, 15) is 4.79 Å². The van der Waals surface area contributed by atoms with Crippen LogP contribution >= 0.6 is 0 Å². The fraction of sp³-hybridized carbons (Fsp3) is 0.0588. The third-order valence-corrected chi connectivity index (χ3v) is 2.68. The average Bonchev–Trinajstić information content (AvgIpc) is 2.52. The van der Waals surface area contributed by atoms with Crippen LogP contribution in [0.3, 0.4) is 0 Å². The van der Waals surface area contributed by atoms with E-state index in [2.05, 4.69) is 0 Å². The number of hydrogen-bond acceptors (Lipinski definition) is 3. The first-order valence-corrected chi connectivity index (χ1v) is 6.17. The third kappa shape index (κ3) is 4.11. The lowest BCUT2D eigenvalue weighted by molar-refractivity contribution is -0.138. The molecule has 2 rings (SSSR count). The summed E-state index contributed by atoms with van der Waals surface area (Å²) in [6.45, 7) is 0.261. The maximum absolute atomic E-state index is 11.6. The van der Waals surface area contributed by atoms with Crippen LogP contribution in [0.25, 0.3) is 6.08 Å². The highest BCUT2D eigenvalue weighted by Crippen LogP contribution is 2.06. The van der Waals surface area contributed by atoms with Gasteiger partial charge in [-0.15, -0.1) is 0 Å². The second-order valence-corrected chi connectivity index (χ2v) is 4.16. The van der Waals surface area contributed by atoms with Crippen molar-refractivity contribution in [2.24, 2.45) is 0 Å². The van der Waals surface area contributed by atoms with E-state index in [0.717, 1.165) is 11.1 Å². The predicted molar refractivity (Wildman–Crippen MR) is 76.4 cm³/mol. The number of carbonyl (C=O) groups excluding carboxylic acids is 1. The molecular weight excluding hydrogens is 250 g/mol. The van der Waals surface area contributed by atoms with Crippen molar-refractivity contribution in [1.82, 2.24) is 0 Å². The van der Waals surface area contributed by atoms with Gasteiger partial charge in [0.05, 0.1) is 11.6 Å². The standard InChI is InChI=1S/C17H13NO2/c18-12-15-8-6-14(7-9-15)10-11-17(19)20-13-16-4-2-1-3-5-16/h1-11H,13H2/b11-10+. The Bertz CT molecular complexity index is 637. The van der Waals surface area contributed by atoms with Crippen LogP contribution in [0.15, 0.2) is 60.7 Å². The van der Waals surface area contributed by atoms with Crippen LogP contribution in [0.1, 0.15) is 16.7 Å². The Morgan fingerprint density at radius 1 is 1.10 bits per heavy atom. The van der Waals surface area contributed by atoms with Gasteiger partial charge in [0.2, 0.25) is 0 Å². The number of nitrogens with zero attached hydrogens (tertiary/aromatic N) is 1. The van der Waals surface area contributed by atoms with Crippen molar-refractivity contribution in [3.8, 4) is 6.07 Å². The molecule has 0 fully saturated rings. The number of rotatable bonds is 4. The molecule has 0 N–H and O–H groups in total. The molecule has 0 heterocycles. The van der Waals surface area contributed by atoms with Gasteiger partial charge >= 0.3 is 5.97 Å². The number of ether oxygens (including phenoxy) is 1. The lowest BCUT2D eigenvalue weighted by atomic mass is 10.1. The Balaban J connectivity index is 1.87. The highest BCUT2D eigenvalue weighted by atomic mass is 16.5. The van der Waals surface area contributed by atoms with Gasteiger partial charge in [0, 0.05) is 6.08 Å². The summed E-state index contributed by atoms with van der Waals surface area (Å²) >= 11 is 0. The zero-order chi connectivity index (χ0) is 14.2. The minimum Gasteiger partial charge on any atom is -0.458 e. The molecule has 20 heavy (non-hydrogen) atoms. The van der Waals surface area contributed by atoms with Crippen molar-refractivity contribution in [2.75, 3.05) is 0 Å². The maximum Gasteiger partial charge on any atom is 0.331 e. The average molecular weight is 263 g/mol. The van der Waals surface area contributed by atoms with Crippen molar-refractivity contribution >= 4 is 12.0 Å². The summed E-state index contributed by atoms with van der Waals surface area (Å²) in [4.78, 5) is 11.6. The largest absolute Gasteiger partial charge is 0.458 e. The van der Waals surface area contributed by atoms with Crippen molar-refractivity contribution < 1.29 is 9.53 Å². The summed E-state index contributed by atoms with van der Waals surface area (Å²) in [6, 6.07) is 18.5.